The molecule has 0 spiro atoms. The highest BCUT2D eigenvalue weighted by Gasteiger charge is 2.25. The van der Waals surface area contributed by atoms with Crippen LogP contribution in [0.2, 0.25) is 0 Å². The molecule has 0 aromatic carbocycles. The summed E-state index contributed by atoms with van der Waals surface area (Å²) in [5, 5.41) is 2.13. The normalized spacial score (nSPS) is 28.9. The van der Waals surface area contributed by atoms with Gasteiger partial charge in [0.1, 0.15) is 0 Å². The van der Waals surface area contributed by atoms with E-state index in [-0.39, 0.29) is 0 Å². The Morgan fingerprint density at radius 3 is 2.67 bits per heavy atom. The lowest BCUT2D eigenvalue weighted by molar-refractivity contribution is 0.241. The number of nitrogens with two attached hydrogens (primary N) is 1. The van der Waals surface area contributed by atoms with Crippen LogP contribution in [0.4, 0.5) is 0 Å². The van der Waals surface area contributed by atoms with Crippen LogP contribution in [0.5, 0.6) is 0 Å². The van der Waals surface area contributed by atoms with E-state index in [0.29, 0.717) is 6.04 Å². The molecule has 1 nitrogen and oxygen atoms in total. The summed E-state index contributed by atoms with van der Waals surface area (Å²) in [6.45, 7) is 2.31. The largest absolute Gasteiger partial charge is 0.323 e. The van der Waals surface area contributed by atoms with Gasteiger partial charge in [0.25, 0.3) is 0 Å². The van der Waals surface area contributed by atoms with Crippen LogP contribution in [-0.2, 0) is 0 Å². The van der Waals surface area contributed by atoms with Crippen molar-refractivity contribution in [3.05, 3.63) is 22.4 Å². The third kappa shape index (κ3) is 2.61. The van der Waals surface area contributed by atoms with Gasteiger partial charge in [-0.05, 0) is 36.1 Å². The fourth-order valence-corrected chi connectivity index (χ4v) is 3.49. The van der Waals surface area contributed by atoms with Crippen molar-refractivity contribution in [2.75, 3.05) is 0 Å². The Labute approximate surface area is 96.7 Å². The summed E-state index contributed by atoms with van der Waals surface area (Å²) >= 11 is 1.81. The van der Waals surface area contributed by atoms with Crippen LogP contribution < -0.4 is 5.73 Å². The third-order valence-corrected chi connectivity index (χ3v) is 4.82. The average Bonchev–Trinajstić information content (AvgIpc) is 2.82. The molecule has 0 radical (unpaired) electrons. The minimum Gasteiger partial charge on any atom is -0.323 e. The molecule has 15 heavy (non-hydrogen) atoms. The number of hydrogen-bond acceptors (Lipinski definition) is 2. The van der Waals surface area contributed by atoms with Crippen molar-refractivity contribution in [2.45, 2.75) is 45.1 Å². The summed E-state index contributed by atoms with van der Waals surface area (Å²) < 4.78 is 0. The molecule has 84 valence electrons. The molecule has 1 atom stereocenters. The first-order chi connectivity index (χ1) is 7.31. The van der Waals surface area contributed by atoms with Gasteiger partial charge in [-0.15, -0.1) is 11.3 Å². The van der Waals surface area contributed by atoms with Gasteiger partial charge in [0.15, 0.2) is 0 Å². The molecule has 0 amide bonds. The van der Waals surface area contributed by atoms with E-state index in [0.717, 1.165) is 11.8 Å². The highest BCUT2D eigenvalue weighted by Crippen LogP contribution is 2.37. The lowest BCUT2D eigenvalue weighted by Crippen LogP contribution is -2.25. The molecule has 1 saturated carbocycles. The van der Waals surface area contributed by atoms with E-state index in [1.54, 1.807) is 11.3 Å². The van der Waals surface area contributed by atoms with Gasteiger partial charge in [-0.25, -0.2) is 0 Å². The van der Waals surface area contributed by atoms with Crippen LogP contribution in [0, 0.1) is 11.8 Å². The third-order valence-electron chi connectivity index (χ3n) is 3.85. The SMILES string of the molecule is CCC1CCC(C(N)c2cccs2)CC1. The Balaban J connectivity index is 1.90. The van der Waals surface area contributed by atoms with Crippen LogP contribution in [0.1, 0.15) is 49.9 Å². The maximum Gasteiger partial charge on any atom is 0.0418 e. The highest BCUT2D eigenvalue weighted by atomic mass is 32.1. The van der Waals surface area contributed by atoms with Crippen molar-refractivity contribution in [3.63, 3.8) is 0 Å². The van der Waals surface area contributed by atoms with Crippen molar-refractivity contribution < 1.29 is 0 Å². The molecule has 1 unspecified atom stereocenters. The molecule has 1 fully saturated rings. The number of rotatable bonds is 3. The number of thiophene rings is 1. The van der Waals surface area contributed by atoms with E-state index in [9.17, 15) is 0 Å². The lowest BCUT2D eigenvalue weighted by Gasteiger charge is -2.31. The molecule has 0 bridgehead atoms. The van der Waals surface area contributed by atoms with Crippen LogP contribution >= 0.6 is 11.3 Å². The Morgan fingerprint density at radius 2 is 2.13 bits per heavy atom. The van der Waals surface area contributed by atoms with Gasteiger partial charge in [0, 0.05) is 10.9 Å². The van der Waals surface area contributed by atoms with Crippen molar-refractivity contribution in [1.29, 1.82) is 0 Å². The maximum absolute atomic E-state index is 6.31. The Morgan fingerprint density at radius 1 is 1.40 bits per heavy atom. The Bertz CT molecular complexity index is 273. The smallest absolute Gasteiger partial charge is 0.0418 e. The van der Waals surface area contributed by atoms with Crippen molar-refractivity contribution >= 4 is 11.3 Å². The second-order valence-corrected chi connectivity index (χ2v) is 5.71. The molecule has 1 heterocycles. The maximum atomic E-state index is 6.31. The molecule has 2 heteroatoms. The zero-order chi connectivity index (χ0) is 10.7. The molecule has 2 rings (SSSR count). The monoisotopic (exact) mass is 223 g/mol. The van der Waals surface area contributed by atoms with E-state index in [1.807, 2.05) is 0 Å². The number of hydrogen-bond donors (Lipinski definition) is 1. The fourth-order valence-electron chi connectivity index (χ4n) is 2.67. The lowest BCUT2D eigenvalue weighted by atomic mass is 9.77. The first kappa shape index (κ1) is 11.2. The topological polar surface area (TPSA) is 26.0 Å². The van der Waals surface area contributed by atoms with E-state index < -0.39 is 0 Å². The summed E-state index contributed by atoms with van der Waals surface area (Å²) in [5.41, 5.74) is 6.31. The van der Waals surface area contributed by atoms with E-state index >= 15 is 0 Å². The van der Waals surface area contributed by atoms with Gasteiger partial charge < -0.3 is 5.73 Å². The minimum absolute atomic E-state index is 0.294. The van der Waals surface area contributed by atoms with Crippen LogP contribution in [-0.4, -0.2) is 0 Å². The minimum atomic E-state index is 0.294. The van der Waals surface area contributed by atoms with Gasteiger partial charge in [0.2, 0.25) is 0 Å². The van der Waals surface area contributed by atoms with Gasteiger partial charge >= 0.3 is 0 Å². The summed E-state index contributed by atoms with van der Waals surface area (Å²) in [6, 6.07) is 4.58. The standard InChI is InChI=1S/C13H21NS/c1-2-10-5-7-11(8-6-10)13(14)12-4-3-9-15-12/h3-4,9-11,13H,2,5-8,14H2,1H3. The molecule has 1 aromatic rings. The summed E-state index contributed by atoms with van der Waals surface area (Å²) in [4.78, 5) is 1.37. The zero-order valence-corrected chi connectivity index (χ0v) is 10.3. The van der Waals surface area contributed by atoms with Gasteiger partial charge in [-0.2, -0.15) is 0 Å². The Hall–Kier alpha value is -0.340. The molecule has 1 aliphatic carbocycles. The van der Waals surface area contributed by atoms with Crippen LogP contribution in [0.25, 0.3) is 0 Å². The first-order valence-corrected chi connectivity index (χ1v) is 6.98. The predicted molar refractivity (Wildman–Crippen MR) is 67.0 cm³/mol. The molecular formula is C13H21NS. The first-order valence-electron chi connectivity index (χ1n) is 6.10. The molecule has 0 saturated heterocycles. The highest BCUT2D eigenvalue weighted by molar-refractivity contribution is 7.10. The predicted octanol–water partition coefficient (Wildman–Crippen LogP) is 3.96. The van der Waals surface area contributed by atoms with Gasteiger partial charge in [0.05, 0.1) is 0 Å². The fraction of sp³-hybridized carbons (Fsp3) is 0.692. The molecule has 2 N–H and O–H groups in total. The van der Waals surface area contributed by atoms with Gasteiger partial charge in [-0.3, -0.25) is 0 Å². The van der Waals surface area contributed by atoms with E-state index in [2.05, 4.69) is 24.4 Å². The zero-order valence-electron chi connectivity index (χ0n) is 9.49. The van der Waals surface area contributed by atoms with Crippen LogP contribution in [0.3, 0.4) is 0 Å². The summed E-state index contributed by atoms with van der Waals surface area (Å²) in [7, 11) is 0. The van der Waals surface area contributed by atoms with Gasteiger partial charge in [-0.1, -0.05) is 32.3 Å². The second kappa shape index (κ2) is 5.13. The summed E-state index contributed by atoms with van der Waals surface area (Å²) in [5.74, 6) is 1.70. The second-order valence-electron chi connectivity index (χ2n) is 4.73. The van der Waals surface area contributed by atoms with Crippen molar-refractivity contribution in [3.8, 4) is 0 Å². The average molecular weight is 223 g/mol. The molecule has 1 aliphatic rings. The van der Waals surface area contributed by atoms with Crippen molar-refractivity contribution in [1.82, 2.24) is 0 Å². The van der Waals surface area contributed by atoms with E-state index in [1.165, 1.54) is 37.0 Å². The van der Waals surface area contributed by atoms with E-state index in [4.69, 9.17) is 5.73 Å². The summed E-state index contributed by atoms with van der Waals surface area (Å²) in [6.07, 6.45) is 6.79. The van der Waals surface area contributed by atoms with Crippen molar-refractivity contribution in [2.24, 2.45) is 17.6 Å². The Kier molecular flexibility index (Phi) is 3.81. The molecule has 1 aromatic heterocycles. The molecule has 0 aliphatic heterocycles. The van der Waals surface area contributed by atoms with Crippen LogP contribution in [0.15, 0.2) is 17.5 Å². The molecular weight excluding hydrogens is 202 g/mol. The quantitative estimate of drug-likeness (QED) is 0.824.